The lowest BCUT2D eigenvalue weighted by atomic mass is 9.92. The van der Waals surface area contributed by atoms with E-state index in [0.29, 0.717) is 5.56 Å². The van der Waals surface area contributed by atoms with E-state index < -0.39 is 16.5 Å². The van der Waals surface area contributed by atoms with Crippen molar-refractivity contribution < 1.29 is 14.5 Å². The summed E-state index contributed by atoms with van der Waals surface area (Å²) in [7, 11) is 0. The first kappa shape index (κ1) is 16.2. The zero-order chi connectivity index (χ0) is 16.9. The summed E-state index contributed by atoms with van der Waals surface area (Å²) in [5.41, 5.74) is -0.300. The Balaban J connectivity index is 2.25. The molecule has 0 N–H and O–H groups in total. The first-order chi connectivity index (χ1) is 11.0. The minimum Gasteiger partial charge on any atom is -0.450 e. The van der Waals surface area contributed by atoms with Crippen molar-refractivity contribution in [2.75, 3.05) is 0 Å². The predicted molar refractivity (Wildman–Crippen MR) is 82.5 cm³/mol. The molecule has 2 aromatic carbocycles. The Labute approximate surface area is 133 Å². The predicted octanol–water partition coefficient (Wildman–Crippen LogP) is 3.58. The summed E-state index contributed by atoms with van der Waals surface area (Å²) in [6.45, 7) is 1.66. The largest absolute Gasteiger partial charge is 0.450 e. The molecular weight excluding hydrogens is 296 g/mol. The number of ether oxygens (including phenoxy) is 1. The van der Waals surface area contributed by atoms with E-state index in [-0.39, 0.29) is 17.7 Å². The zero-order valence-electron chi connectivity index (χ0n) is 12.4. The normalized spacial score (nSPS) is 12.7. The Morgan fingerprint density at radius 2 is 1.83 bits per heavy atom. The Morgan fingerprint density at radius 3 is 2.35 bits per heavy atom. The van der Waals surface area contributed by atoms with Gasteiger partial charge in [-0.05, 0) is 24.6 Å². The summed E-state index contributed by atoms with van der Waals surface area (Å²) in [5, 5.41) is 19.7. The number of carbonyl (C=O) groups is 1. The van der Waals surface area contributed by atoms with Gasteiger partial charge in [0.05, 0.1) is 23.0 Å². The van der Waals surface area contributed by atoms with E-state index in [1.54, 1.807) is 31.2 Å². The number of esters is 1. The van der Waals surface area contributed by atoms with Crippen LogP contribution in [0.3, 0.4) is 0 Å². The van der Waals surface area contributed by atoms with Crippen molar-refractivity contribution in [1.82, 2.24) is 0 Å². The Kier molecular flexibility index (Phi) is 4.72. The van der Waals surface area contributed by atoms with Gasteiger partial charge in [-0.25, -0.2) is 4.79 Å². The summed E-state index contributed by atoms with van der Waals surface area (Å²) in [5.74, 6) is -0.637. The van der Waals surface area contributed by atoms with Gasteiger partial charge in [-0.2, -0.15) is 5.26 Å². The van der Waals surface area contributed by atoms with Crippen LogP contribution in [-0.2, 0) is 10.3 Å². The van der Waals surface area contributed by atoms with Crippen molar-refractivity contribution in [3.8, 4) is 6.07 Å². The minimum absolute atomic E-state index is 0.00423. The fourth-order valence-corrected chi connectivity index (χ4v) is 2.12. The molecule has 0 spiro atoms. The number of hydrogen-bond acceptors (Lipinski definition) is 5. The molecule has 0 amide bonds. The molecule has 0 aliphatic heterocycles. The lowest BCUT2D eigenvalue weighted by Gasteiger charge is -2.27. The molecule has 0 aliphatic carbocycles. The molecule has 0 saturated heterocycles. The van der Waals surface area contributed by atoms with Crippen LogP contribution in [0.5, 0.6) is 0 Å². The Morgan fingerprint density at radius 1 is 1.22 bits per heavy atom. The van der Waals surface area contributed by atoms with Crippen molar-refractivity contribution in [2.45, 2.75) is 18.9 Å². The van der Waals surface area contributed by atoms with Crippen LogP contribution in [-0.4, -0.2) is 10.9 Å². The topological polar surface area (TPSA) is 93.2 Å². The summed E-state index contributed by atoms with van der Waals surface area (Å²) < 4.78 is 5.52. The maximum absolute atomic E-state index is 12.3. The van der Waals surface area contributed by atoms with Crippen LogP contribution in [0, 0.1) is 21.4 Å². The molecule has 0 fully saturated rings. The molecule has 116 valence electrons. The Bertz CT molecular complexity index is 750. The molecule has 0 bridgehead atoms. The lowest BCUT2D eigenvalue weighted by Crippen LogP contribution is -2.29. The molecule has 0 saturated carbocycles. The Hall–Kier alpha value is -3.20. The van der Waals surface area contributed by atoms with Gasteiger partial charge in [-0.15, -0.1) is 0 Å². The SMILES string of the molecule is CC(CC#N)(OC(=O)c1ccc([N+](=O)[O-])cc1)c1ccccc1. The molecule has 2 rings (SSSR count). The molecule has 6 heteroatoms. The molecule has 0 radical (unpaired) electrons. The van der Waals surface area contributed by atoms with Gasteiger partial charge >= 0.3 is 5.97 Å². The average molecular weight is 310 g/mol. The molecular formula is C17H14N2O4. The highest BCUT2D eigenvalue weighted by atomic mass is 16.6. The third-order valence-corrected chi connectivity index (χ3v) is 3.43. The van der Waals surface area contributed by atoms with Gasteiger partial charge in [0.15, 0.2) is 0 Å². The number of benzene rings is 2. The number of nitriles is 1. The third-order valence-electron chi connectivity index (χ3n) is 3.43. The van der Waals surface area contributed by atoms with Crippen LogP contribution in [0.4, 0.5) is 5.69 Å². The molecule has 1 atom stereocenters. The number of nitrogens with zero attached hydrogens (tertiary/aromatic N) is 2. The minimum atomic E-state index is -1.09. The third kappa shape index (κ3) is 3.71. The number of hydrogen-bond donors (Lipinski definition) is 0. The van der Waals surface area contributed by atoms with Crippen LogP contribution in [0.25, 0.3) is 0 Å². The summed E-state index contributed by atoms with van der Waals surface area (Å²) in [6.07, 6.45) is -0.00423. The number of non-ortho nitro benzene ring substituents is 1. The highest BCUT2D eigenvalue weighted by Gasteiger charge is 2.31. The van der Waals surface area contributed by atoms with Crippen LogP contribution in [0.1, 0.15) is 29.3 Å². The molecule has 6 nitrogen and oxygen atoms in total. The second-order valence-electron chi connectivity index (χ2n) is 5.13. The van der Waals surface area contributed by atoms with Gasteiger partial charge in [-0.3, -0.25) is 10.1 Å². The van der Waals surface area contributed by atoms with Crippen LogP contribution in [0.15, 0.2) is 54.6 Å². The number of rotatable bonds is 5. The van der Waals surface area contributed by atoms with E-state index in [0.717, 1.165) is 0 Å². The maximum atomic E-state index is 12.3. The number of nitro groups is 1. The monoisotopic (exact) mass is 310 g/mol. The first-order valence-electron chi connectivity index (χ1n) is 6.86. The molecule has 0 aromatic heterocycles. The molecule has 2 aromatic rings. The van der Waals surface area contributed by atoms with Crippen LogP contribution in [0.2, 0.25) is 0 Å². The zero-order valence-corrected chi connectivity index (χ0v) is 12.4. The summed E-state index contributed by atoms with van der Waals surface area (Å²) in [4.78, 5) is 22.4. The molecule has 1 unspecified atom stereocenters. The number of nitro benzene ring substituents is 1. The fourth-order valence-electron chi connectivity index (χ4n) is 2.12. The van der Waals surface area contributed by atoms with Crippen molar-refractivity contribution >= 4 is 11.7 Å². The molecule has 23 heavy (non-hydrogen) atoms. The lowest BCUT2D eigenvalue weighted by molar-refractivity contribution is -0.384. The smallest absolute Gasteiger partial charge is 0.339 e. The molecule has 0 aliphatic rings. The number of carbonyl (C=O) groups excluding carboxylic acids is 1. The van der Waals surface area contributed by atoms with E-state index in [9.17, 15) is 14.9 Å². The van der Waals surface area contributed by atoms with E-state index in [1.165, 1.54) is 24.3 Å². The van der Waals surface area contributed by atoms with E-state index in [1.807, 2.05) is 12.1 Å². The second-order valence-corrected chi connectivity index (χ2v) is 5.13. The summed E-state index contributed by atoms with van der Waals surface area (Å²) >= 11 is 0. The molecule has 0 heterocycles. The van der Waals surface area contributed by atoms with Crippen molar-refractivity contribution in [3.63, 3.8) is 0 Å². The van der Waals surface area contributed by atoms with Crippen molar-refractivity contribution in [3.05, 3.63) is 75.8 Å². The van der Waals surface area contributed by atoms with Gasteiger partial charge in [0, 0.05) is 12.1 Å². The van der Waals surface area contributed by atoms with E-state index >= 15 is 0 Å². The highest BCUT2D eigenvalue weighted by molar-refractivity contribution is 5.90. The van der Waals surface area contributed by atoms with E-state index in [4.69, 9.17) is 10.00 Å². The standard InChI is InChI=1S/C17H14N2O4/c1-17(11-12-18,14-5-3-2-4-6-14)23-16(20)13-7-9-15(10-8-13)19(21)22/h2-10H,11H2,1H3. The van der Waals surface area contributed by atoms with E-state index in [2.05, 4.69) is 0 Å². The quantitative estimate of drug-likeness (QED) is 0.478. The van der Waals surface area contributed by atoms with Crippen LogP contribution < -0.4 is 0 Å². The van der Waals surface area contributed by atoms with Gasteiger partial charge in [0.1, 0.15) is 5.60 Å². The first-order valence-corrected chi connectivity index (χ1v) is 6.86. The van der Waals surface area contributed by atoms with Gasteiger partial charge < -0.3 is 4.74 Å². The van der Waals surface area contributed by atoms with Crippen LogP contribution >= 0.6 is 0 Å². The van der Waals surface area contributed by atoms with Crippen molar-refractivity contribution in [2.24, 2.45) is 0 Å². The maximum Gasteiger partial charge on any atom is 0.339 e. The summed E-state index contributed by atoms with van der Waals surface area (Å²) in [6, 6.07) is 16.1. The average Bonchev–Trinajstić information content (AvgIpc) is 2.56. The second kappa shape index (κ2) is 6.71. The van der Waals surface area contributed by atoms with Gasteiger partial charge in [0.2, 0.25) is 0 Å². The fraction of sp³-hybridized carbons (Fsp3) is 0.176. The highest BCUT2D eigenvalue weighted by Crippen LogP contribution is 2.30. The van der Waals surface area contributed by atoms with Gasteiger partial charge in [-0.1, -0.05) is 30.3 Å². The van der Waals surface area contributed by atoms with Crippen molar-refractivity contribution in [1.29, 1.82) is 5.26 Å². The van der Waals surface area contributed by atoms with Gasteiger partial charge in [0.25, 0.3) is 5.69 Å².